The molecule has 1 heterocycles. The third-order valence-electron chi connectivity index (χ3n) is 3.53. The van der Waals surface area contributed by atoms with E-state index in [2.05, 4.69) is 12.2 Å². The topological polar surface area (TPSA) is 67.8 Å². The van der Waals surface area contributed by atoms with Crippen LogP contribution in [0.5, 0.6) is 0 Å². The van der Waals surface area contributed by atoms with Crippen LogP contribution in [0.4, 0.5) is 5.69 Å². The summed E-state index contributed by atoms with van der Waals surface area (Å²) in [4.78, 5) is 11.4. The van der Waals surface area contributed by atoms with Crippen LogP contribution in [0, 0.1) is 0 Å². The lowest BCUT2D eigenvalue weighted by Gasteiger charge is -2.16. The molecule has 1 aromatic rings. The number of hydrogen-bond donors (Lipinski definition) is 2. The van der Waals surface area contributed by atoms with Crippen LogP contribution in [0.2, 0.25) is 0 Å². The molecule has 2 rings (SSSR count). The van der Waals surface area contributed by atoms with E-state index in [1.807, 2.05) is 18.2 Å². The Kier molecular flexibility index (Phi) is 5.59. The number of carbonyl (C=O) groups is 1. The molecule has 0 bridgehead atoms. The highest BCUT2D eigenvalue weighted by Crippen LogP contribution is 2.32. The quantitative estimate of drug-likeness (QED) is 0.816. The van der Waals surface area contributed by atoms with E-state index in [-0.39, 0.29) is 18.7 Å². The number of anilines is 1. The van der Waals surface area contributed by atoms with Gasteiger partial charge in [-0.15, -0.1) is 0 Å². The van der Waals surface area contributed by atoms with Gasteiger partial charge < -0.3 is 19.9 Å². The van der Waals surface area contributed by atoms with Crippen LogP contribution in [0.1, 0.15) is 43.9 Å². The number of hydrogen-bond acceptors (Lipinski definition) is 5. The minimum absolute atomic E-state index is 0.0350. The Balaban J connectivity index is 2.12. The largest absolute Gasteiger partial charge is 0.466 e. The van der Waals surface area contributed by atoms with Crippen LogP contribution in [0.3, 0.4) is 0 Å². The molecule has 2 N–H and O–H groups in total. The Morgan fingerprint density at radius 3 is 3.00 bits per heavy atom. The highest BCUT2D eigenvalue weighted by molar-refractivity contribution is 5.69. The van der Waals surface area contributed by atoms with Gasteiger partial charge in [0.25, 0.3) is 0 Å². The van der Waals surface area contributed by atoms with Crippen LogP contribution in [0.25, 0.3) is 0 Å². The lowest BCUT2D eigenvalue weighted by Crippen LogP contribution is -2.22. The molecule has 0 aromatic heterocycles. The van der Waals surface area contributed by atoms with Gasteiger partial charge in [-0.05, 0) is 31.4 Å². The first kappa shape index (κ1) is 15.8. The molecule has 1 aliphatic rings. The predicted molar refractivity (Wildman–Crippen MR) is 80.0 cm³/mol. The van der Waals surface area contributed by atoms with Crippen LogP contribution in [-0.2, 0) is 20.7 Å². The molecule has 0 radical (unpaired) electrons. The van der Waals surface area contributed by atoms with Crippen molar-refractivity contribution in [2.75, 3.05) is 18.5 Å². The standard InChI is InChI=1S/C16H23NO4/c1-3-14-12-9-11(6-8-16(19)20-4-2)5-7-13(12)17-15(18)10-21-14/h5,7,9,14-15,17-18H,3-4,6,8,10H2,1-2H3/t14-,15-/m1/s1. The minimum atomic E-state index is -0.689. The van der Waals surface area contributed by atoms with Crippen molar-refractivity contribution in [1.29, 1.82) is 0 Å². The van der Waals surface area contributed by atoms with E-state index in [0.717, 1.165) is 23.2 Å². The summed E-state index contributed by atoms with van der Waals surface area (Å²) in [5.41, 5.74) is 3.00. The van der Waals surface area contributed by atoms with E-state index < -0.39 is 6.23 Å². The van der Waals surface area contributed by atoms with Crippen molar-refractivity contribution in [3.63, 3.8) is 0 Å². The number of ether oxygens (including phenoxy) is 2. The molecule has 0 spiro atoms. The van der Waals surface area contributed by atoms with Gasteiger partial charge in [-0.1, -0.05) is 19.1 Å². The van der Waals surface area contributed by atoms with Crippen LogP contribution in [-0.4, -0.2) is 30.5 Å². The lowest BCUT2D eigenvalue weighted by molar-refractivity contribution is -0.143. The van der Waals surface area contributed by atoms with Gasteiger partial charge in [-0.3, -0.25) is 4.79 Å². The monoisotopic (exact) mass is 293 g/mol. The van der Waals surface area contributed by atoms with Crippen molar-refractivity contribution in [3.8, 4) is 0 Å². The van der Waals surface area contributed by atoms with E-state index in [1.165, 1.54) is 0 Å². The molecule has 21 heavy (non-hydrogen) atoms. The lowest BCUT2D eigenvalue weighted by atomic mass is 9.99. The summed E-state index contributed by atoms with van der Waals surface area (Å²) in [7, 11) is 0. The molecular weight excluding hydrogens is 270 g/mol. The fourth-order valence-electron chi connectivity index (χ4n) is 2.50. The third kappa shape index (κ3) is 4.19. The minimum Gasteiger partial charge on any atom is -0.466 e. The fourth-order valence-corrected chi connectivity index (χ4v) is 2.50. The second kappa shape index (κ2) is 7.43. The number of aliphatic hydroxyl groups is 1. The zero-order chi connectivity index (χ0) is 15.2. The summed E-state index contributed by atoms with van der Waals surface area (Å²) < 4.78 is 10.6. The second-order valence-corrected chi connectivity index (χ2v) is 5.12. The normalized spacial score (nSPS) is 21.1. The van der Waals surface area contributed by atoms with Crippen LogP contribution < -0.4 is 5.32 Å². The van der Waals surface area contributed by atoms with Crippen LogP contribution >= 0.6 is 0 Å². The summed E-state index contributed by atoms with van der Waals surface area (Å²) in [6, 6.07) is 5.96. The van der Waals surface area contributed by atoms with Gasteiger partial charge in [-0.2, -0.15) is 0 Å². The molecule has 1 aliphatic heterocycles. The van der Waals surface area contributed by atoms with E-state index in [4.69, 9.17) is 9.47 Å². The molecule has 0 unspecified atom stereocenters. The molecule has 116 valence electrons. The van der Waals surface area contributed by atoms with E-state index in [1.54, 1.807) is 6.92 Å². The average Bonchev–Trinajstić information content (AvgIpc) is 2.63. The molecular formula is C16H23NO4. The maximum Gasteiger partial charge on any atom is 0.306 e. The maximum atomic E-state index is 11.4. The van der Waals surface area contributed by atoms with Crippen LogP contribution in [0.15, 0.2) is 18.2 Å². The summed E-state index contributed by atoms with van der Waals surface area (Å²) in [5, 5.41) is 12.8. The molecule has 5 heteroatoms. The molecule has 0 fully saturated rings. The Morgan fingerprint density at radius 1 is 1.48 bits per heavy atom. The third-order valence-corrected chi connectivity index (χ3v) is 3.53. The van der Waals surface area contributed by atoms with E-state index in [0.29, 0.717) is 19.4 Å². The number of esters is 1. The molecule has 0 saturated heterocycles. The number of benzene rings is 1. The van der Waals surface area contributed by atoms with Crippen molar-refractivity contribution >= 4 is 11.7 Å². The first-order valence-electron chi connectivity index (χ1n) is 7.48. The zero-order valence-electron chi connectivity index (χ0n) is 12.6. The number of rotatable bonds is 5. The number of aliphatic hydroxyl groups excluding tert-OH is 1. The summed E-state index contributed by atoms with van der Waals surface area (Å²) >= 11 is 0. The summed E-state index contributed by atoms with van der Waals surface area (Å²) in [6.07, 6.45) is 1.13. The highest BCUT2D eigenvalue weighted by atomic mass is 16.5. The summed E-state index contributed by atoms with van der Waals surface area (Å²) in [5.74, 6) is -0.177. The number of carbonyl (C=O) groups excluding carboxylic acids is 1. The van der Waals surface area contributed by atoms with Crippen molar-refractivity contribution in [3.05, 3.63) is 29.3 Å². The molecule has 0 saturated carbocycles. The smallest absolute Gasteiger partial charge is 0.306 e. The Hall–Kier alpha value is -1.59. The Labute approximate surface area is 125 Å². The SMILES string of the molecule is CCOC(=O)CCc1ccc2c(c1)[C@@H](CC)OC[C@@H](O)N2. The number of fused-ring (bicyclic) bond motifs is 1. The first-order chi connectivity index (χ1) is 10.1. The van der Waals surface area contributed by atoms with Crippen molar-refractivity contribution in [1.82, 2.24) is 0 Å². The predicted octanol–water partition coefficient (Wildman–Crippen LogP) is 2.39. The van der Waals surface area contributed by atoms with Gasteiger partial charge in [0, 0.05) is 17.7 Å². The molecule has 0 aliphatic carbocycles. The van der Waals surface area contributed by atoms with E-state index in [9.17, 15) is 9.90 Å². The number of aryl methyl sites for hydroxylation is 1. The molecule has 0 amide bonds. The Morgan fingerprint density at radius 2 is 2.29 bits per heavy atom. The highest BCUT2D eigenvalue weighted by Gasteiger charge is 2.21. The fraction of sp³-hybridized carbons (Fsp3) is 0.562. The van der Waals surface area contributed by atoms with Crippen molar-refractivity contribution in [2.45, 2.75) is 45.4 Å². The van der Waals surface area contributed by atoms with Gasteiger partial charge >= 0.3 is 5.97 Å². The van der Waals surface area contributed by atoms with Gasteiger partial charge in [-0.25, -0.2) is 0 Å². The molecule has 1 aromatic carbocycles. The van der Waals surface area contributed by atoms with E-state index >= 15 is 0 Å². The van der Waals surface area contributed by atoms with Crippen molar-refractivity contribution in [2.24, 2.45) is 0 Å². The molecule has 5 nitrogen and oxygen atoms in total. The number of nitrogens with one attached hydrogen (secondary N) is 1. The van der Waals surface area contributed by atoms with Gasteiger partial charge in [0.15, 0.2) is 0 Å². The van der Waals surface area contributed by atoms with Gasteiger partial charge in [0.05, 0.1) is 19.3 Å². The first-order valence-corrected chi connectivity index (χ1v) is 7.48. The average molecular weight is 293 g/mol. The van der Waals surface area contributed by atoms with Crippen molar-refractivity contribution < 1.29 is 19.4 Å². The molecule has 2 atom stereocenters. The summed E-state index contributed by atoms with van der Waals surface area (Å²) in [6.45, 7) is 4.54. The second-order valence-electron chi connectivity index (χ2n) is 5.12. The Bertz CT molecular complexity index is 489. The maximum absolute atomic E-state index is 11.4. The van der Waals surface area contributed by atoms with Gasteiger partial charge in [0.2, 0.25) is 0 Å². The van der Waals surface area contributed by atoms with Gasteiger partial charge in [0.1, 0.15) is 6.23 Å². The zero-order valence-corrected chi connectivity index (χ0v) is 12.6.